The van der Waals surface area contributed by atoms with Crippen molar-refractivity contribution in [2.75, 3.05) is 13.7 Å². The van der Waals surface area contributed by atoms with Crippen LogP contribution in [-0.4, -0.2) is 44.8 Å². The molecule has 2 aromatic heterocycles. The number of hydrogen-bond acceptors (Lipinski definition) is 5. The van der Waals surface area contributed by atoms with Gasteiger partial charge >= 0.3 is 0 Å². The quantitative estimate of drug-likeness (QED) is 0.184. The summed E-state index contributed by atoms with van der Waals surface area (Å²) in [6.07, 6.45) is 9.54. The Hall–Kier alpha value is -5.44. The van der Waals surface area contributed by atoms with Crippen molar-refractivity contribution < 1.29 is 14.3 Å². The van der Waals surface area contributed by atoms with Crippen LogP contribution >= 0.6 is 0 Å². The number of ether oxygens (including phenoxy) is 1. The highest BCUT2D eigenvalue weighted by molar-refractivity contribution is 6.05. The van der Waals surface area contributed by atoms with E-state index in [9.17, 15) is 9.59 Å². The minimum absolute atomic E-state index is 0.109. The highest BCUT2D eigenvalue weighted by Crippen LogP contribution is 2.25. The van der Waals surface area contributed by atoms with Gasteiger partial charge in [-0.3, -0.25) is 9.59 Å². The molecule has 0 atom stereocenters. The van der Waals surface area contributed by atoms with Crippen LogP contribution in [0, 0.1) is 0 Å². The van der Waals surface area contributed by atoms with Gasteiger partial charge in [0.05, 0.1) is 19.1 Å². The van der Waals surface area contributed by atoms with E-state index < -0.39 is 11.8 Å². The Morgan fingerprint density at radius 3 is 2.37 bits per heavy atom. The molecule has 0 aliphatic heterocycles. The van der Waals surface area contributed by atoms with Crippen molar-refractivity contribution in [3.8, 4) is 22.7 Å². The van der Waals surface area contributed by atoms with E-state index in [1.807, 2.05) is 77.6 Å². The van der Waals surface area contributed by atoms with E-state index in [0.717, 1.165) is 11.3 Å². The fourth-order valence-corrected chi connectivity index (χ4v) is 4.25. The van der Waals surface area contributed by atoms with Crippen molar-refractivity contribution in [3.05, 3.63) is 127 Å². The third-order valence-electron chi connectivity index (χ3n) is 6.39. The molecule has 0 aliphatic rings. The Labute approximate surface area is 238 Å². The van der Waals surface area contributed by atoms with Crippen molar-refractivity contribution in [1.29, 1.82) is 0 Å². The predicted octanol–water partition coefficient (Wildman–Crippen LogP) is 4.72. The topological polar surface area (TPSA) is 103 Å². The summed E-state index contributed by atoms with van der Waals surface area (Å²) < 4.78 is 8.91. The fraction of sp³-hybridized carbons (Fsp3) is 0.125. The predicted molar refractivity (Wildman–Crippen MR) is 157 cm³/mol. The Kier molecular flexibility index (Phi) is 8.66. The third-order valence-corrected chi connectivity index (χ3v) is 6.39. The standard InChI is InChI=1S/C32H30N6O3/c1-41-28-15-13-25(14-16-28)31(39)35-29(32(40)34-17-8-19-37-20-18-33-23-37)21-26-22-38(27-11-6-3-7-12-27)36-30(26)24-9-4-2-5-10-24/h2-7,9-16,18,20-23H,8,17,19H2,1H3,(H,34,40)(H,35,39). The number of nitrogens with one attached hydrogen (secondary N) is 2. The molecule has 0 radical (unpaired) electrons. The summed E-state index contributed by atoms with van der Waals surface area (Å²) in [5, 5.41) is 10.6. The molecule has 41 heavy (non-hydrogen) atoms. The summed E-state index contributed by atoms with van der Waals surface area (Å²) in [7, 11) is 1.56. The normalized spacial score (nSPS) is 11.2. The van der Waals surface area contributed by atoms with Crippen molar-refractivity contribution in [1.82, 2.24) is 30.0 Å². The van der Waals surface area contributed by atoms with E-state index in [1.165, 1.54) is 0 Å². The second-order valence-electron chi connectivity index (χ2n) is 9.23. The van der Waals surface area contributed by atoms with Gasteiger partial charge in [-0.2, -0.15) is 5.10 Å². The van der Waals surface area contributed by atoms with E-state index in [0.29, 0.717) is 42.1 Å². The Balaban J connectivity index is 1.46. The fourth-order valence-electron chi connectivity index (χ4n) is 4.25. The first-order chi connectivity index (χ1) is 20.1. The van der Waals surface area contributed by atoms with Gasteiger partial charge in [0, 0.05) is 48.4 Å². The average molecular weight is 547 g/mol. The molecule has 2 N–H and O–H groups in total. The molecule has 5 rings (SSSR count). The van der Waals surface area contributed by atoms with Crippen LogP contribution in [0.4, 0.5) is 0 Å². The van der Waals surface area contributed by atoms with Crippen LogP contribution in [0.3, 0.4) is 0 Å². The number of benzene rings is 3. The summed E-state index contributed by atoms with van der Waals surface area (Å²) in [5.74, 6) is -0.179. The van der Waals surface area contributed by atoms with Gasteiger partial charge in [-0.1, -0.05) is 48.5 Å². The largest absolute Gasteiger partial charge is 0.497 e. The summed E-state index contributed by atoms with van der Waals surface area (Å²) in [6.45, 7) is 1.13. The minimum atomic E-state index is -0.413. The number of hydrogen-bond donors (Lipinski definition) is 2. The molecule has 206 valence electrons. The Morgan fingerprint density at radius 2 is 1.68 bits per heavy atom. The van der Waals surface area contributed by atoms with Crippen LogP contribution in [0.2, 0.25) is 0 Å². The van der Waals surface area contributed by atoms with Crippen molar-refractivity contribution >= 4 is 17.9 Å². The number of aromatic nitrogens is 4. The van der Waals surface area contributed by atoms with E-state index in [4.69, 9.17) is 9.84 Å². The molecule has 0 saturated carbocycles. The highest BCUT2D eigenvalue weighted by Gasteiger charge is 2.18. The number of nitrogens with zero attached hydrogens (tertiary/aromatic N) is 4. The first-order valence-corrected chi connectivity index (χ1v) is 13.2. The summed E-state index contributed by atoms with van der Waals surface area (Å²) in [5.41, 5.74) is 3.62. The zero-order valence-electron chi connectivity index (χ0n) is 22.6. The lowest BCUT2D eigenvalue weighted by Crippen LogP contribution is -2.35. The molecular weight excluding hydrogens is 516 g/mol. The van der Waals surface area contributed by atoms with Gasteiger partial charge in [0.15, 0.2) is 0 Å². The second kappa shape index (κ2) is 13.1. The maximum absolute atomic E-state index is 13.4. The zero-order chi connectivity index (χ0) is 28.4. The lowest BCUT2D eigenvalue weighted by atomic mass is 10.1. The maximum Gasteiger partial charge on any atom is 0.267 e. The summed E-state index contributed by atoms with van der Waals surface area (Å²) in [4.78, 5) is 30.7. The first kappa shape index (κ1) is 27.1. The number of aryl methyl sites for hydroxylation is 1. The number of para-hydroxylation sites is 1. The van der Waals surface area contributed by atoms with Crippen LogP contribution in [0.25, 0.3) is 23.0 Å². The van der Waals surface area contributed by atoms with Gasteiger partial charge < -0.3 is 19.9 Å². The summed E-state index contributed by atoms with van der Waals surface area (Å²) >= 11 is 0. The maximum atomic E-state index is 13.4. The molecule has 0 saturated heterocycles. The lowest BCUT2D eigenvalue weighted by Gasteiger charge is -2.12. The SMILES string of the molecule is COc1ccc(C(=O)NC(=Cc2cn(-c3ccccc3)nc2-c2ccccc2)C(=O)NCCCn2ccnc2)cc1. The zero-order valence-corrected chi connectivity index (χ0v) is 22.6. The minimum Gasteiger partial charge on any atom is -0.497 e. The molecule has 2 heterocycles. The number of rotatable bonds is 11. The molecule has 0 unspecified atom stereocenters. The number of carbonyl (C=O) groups excluding carboxylic acids is 2. The first-order valence-electron chi connectivity index (χ1n) is 13.2. The molecular formula is C32H30N6O3. The number of amides is 2. The van der Waals surface area contributed by atoms with Gasteiger partial charge in [0.25, 0.3) is 11.8 Å². The van der Waals surface area contributed by atoms with Crippen LogP contribution < -0.4 is 15.4 Å². The molecule has 0 aliphatic carbocycles. The van der Waals surface area contributed by atoms with E-state index in [1.54, 1.807) is 54.7 Å². The molecule has 2 amide bonds. The smallest absolute Gasteiger partial charge is 0.267 e. The van der Waals surface area contributed by atoms with Gasteiger partial charge in [-0.05, 0) is 48.9 Å². The monoisotopic (exact) mass is 546 g/mol. The van der Waals surface area contributed by atoms with Crippen LogP contribution in [0.15, 0.2) is 116 Å². The number of imidazole rings is 1. The molecule has 3 aromatic carbocycles. The highest BCUT2D eigenvalue weighted by atomic mass is 16.5. The van der Waals surface area contributed by atoms with Gasteiger partial charge in [-0.25, -0.2) is 9.67 Å². The van der Waals surface area contributed by atoms with Crippen LogP contribution in [0.1, 0.15) is 22.3 Å². The molecule has 0 spiro atoms. The Bertz CT molecular complexity index is 1610. The van der Waals surface area contributed by atoms with E-state index in [2.05, 4.69) is 15.6 Å². The number of methoxy groups -OCH3 is 1. The molecule has 5 aromatic rings. The van der Waals surface area contributed by atoms with Crippen molar-refractivity contribution in [2.45, 2.75) is 13.0 Å². The van der Waals surface area contributed by atoms with E-state index in [-0.39, 0.29) is 5.70 Å². The second-order valence-corrected chi connectivity index (χ2v) is 9.23. The van der Waals surface area contributed by atoms with Crippen molar-refractivity contribution in [2.24, 2.45) is 0 Å². The van der Waals surface area contributed by atoms with Gasteiger partial charge in [0.2, 0.25) is 0 Å². The van der Waals surface area contributed by atoms with E-state index >= 15 is 0 Å². The lowest BCUT2D eigenvalue weighted by molar-refractivity contribution is -0.117. The van der Waals surface area contributed by atoms with Gasteiger partial charge in [-0.15, -0.1) is 0 Å². The van der Waals surface area contributed by atoms with Crippen molar-refractivity contribution in [3.63, 3.8) is 0 Å². The summed E-state index contributed by atoms with van der Waals surface area (Å²) in [6, 6.07) is 26.1. The number of carbonyl (C=O) groups is 2. The molecule has 0 fully saturated rings. The molecule has 9 heteroatoms. The van der Waals surface area contributed by atoms with Crippen LogP contribution in [0.5, 0.6) is 5.75 Å². The third kappa shape index (κ3) is 6.96. The molecule has 0 bridgehead atoms. The van der Waals surface area contributed by atoms with Gasteiger partial charge in [0.1, 0.15) is 17.1 Å². The van der Waals surface area contributed by atoms with Crippen LogP contribution in [-0.2, 0) is 11.3 Å². The average Bonchev–Trinajstić information content (AvgIpc) is 3.70. The Morgan fingerprint density at radius 1 is 0.951 bits per heavy atom. The molecule has 9 nitrogen and oxygen atoms in total.